The molecule has 0 aliphatic rings. The lowest BCUT2D eigenvalue weighted by atomic mass is 10.0. The summed E-state index contributed by atoms with van der Waals surface area (Å²) in [6, 6.07) is 11.7. The number of benzene rings is 1. The minimum absolute atomic E-state index is 0.0802. The Bertz CT molecular complexity index is 1040. The molecule has 0 aliphatic heterocycles. The summed E-state index contributed by atoms with van der Waals surface area (Å²) >= 11 is 1.25. The minimum Gasteiger partial charge on any atom is -0.466 e. The van der Waals surface area contributed by atoms with E-state index in [1.165, 1.54) is 42.6 Å². The van der Waals surface area contributed by atoms with E-state index in [0.717, 1.165) is 12.1 Å². The molecule has 8 heteroatoms. The standard InChI is InChI=1S/C25H31N3O4S/c1-3-5-6-7-10-18-11-8-9-12-21(18)26-16-20-13-14-22(32-20)24(30)28-25-27-19(17-33-25)15-23(29)31-4-2/h8-9,11-14,17,26H,3-7,10,15-16H2,1-2H3,(H,27,28,30). The van der Waals surface area contributed by atoms with E-state index < -0.39 is 0 Å². The van der Waals surface area contributed by atoms with Gasteiger partial charge in [-0.3, -0.25) is 14.9 Å². The third-order valence-electron chi connectivity index (χ3n) is 5.06. The van der Waals surface area contributed by atoms with Crippen molar-refractivity contribution >= 4 is 34.0 Å². The maximum Gasteiger partial charge on any atom is 0.311 e. The zero-order chi connectivity index (χ0) is 23.5. The number of furan rings is 1. The lowest BCUT2D eigenvalue weighted by Crippen LogP contribution is -2.11. The Morgan fingerprint density at radius 1 is 1.09 bits per heavy atom. The molecule has 0 atom stereocenters. The number of carbonyl (C=O) groups is 2. The summed E-state index contributed by atoms with van der Waals surface area (Å²) in [5, 5.41) is 8.28. The zero-order valence-corrected chi connectivity index (χ0v) is 20.0. The zero-order valence-electron chi connectivity index (χ0n) is 19.2. The van der Waals surface area contributed by atoms with Gasteiger partial charge >= 0.3 is 5.97 Å². The quantitative estimate of drug-likeness (QED) is 0.242. The van der Waals surface area contributed by atoms with Crippen molar-refractivity contribution in [3.8, 4) is 0 Å². The van der Waals surface area contributed by atoms with Crippen molar-refractivity contribution < 1.29 is 18.7 Å². The highest BCUT2D eigenvalue weighted by Crippen LogP contribution is 2.21. The van der Waals surface area contributed by atoms with Crippen molar-refractivity contribution in [1.29, 1.82) is 0 Å². The van der Waals surface area contributed by atoms with Gasteiger partial charge in [0.05, 0.1) is 25.3 Å². The molecule has 176 valence electrons. The van der Waals surface area contributed by atoms with Gasteiger partial charge < -0.3 is 14.5 Å². The fourth-order valence-electron chi connectivity index (χ4n) is 3.39. The van der Waals surface area contributed by atoms with Crippen molar-refractivity contribution in [3.05, 3.63) is 64.6 Å². The highest BCUT2D eigenvalue weighted by atomic mass is 32.1. The number of rotatable bonds is 13. The van der Waals surface area contributed by atoms with Crippen LogP contribution in [-0.2, 0) is 28.9 Å². The van der Waals surface area contributed by atoms with Crippen LogP contribution in [0.2, 0.25) is 0 Å². The van der Waals surface area contributed by atoms with Crippen LogP contribution in [0.25, 0.3) is 0 Å². The van der Waals surface area contributed by atoms with Crippen molar-refractivity contribution in [2.45, 2.75) is 58.9 Å². The molecule has 0 saturated carbocycles. The van der Waals surface area contributed by atoms with E-state index in [-0.39, 0.29) is 24.1 Å². The maximum absolute atomic E-state index is 12.5. The number of unbranched alkanes of at least 4 members (excludes halogenated alkanes) is 3. The molecule has 0 fully saturated rings. The first-order valence-corrected chi connectivity index (χ1v) is 12.3. The van der Waals surface area contributed by atoms with Crippen molar-refractivity contribution in [1.82, 2.24) is 4.98 Å². The van der Waals surface area contributed by atoms with Gasteiger partial charge in [-0.25, -0.2) is 4.98 Å². The highest BCUT2D eigenvalue weighted by Gasteiger charge is 2.15. The van der Waals surface area contributed by atoms with E-state index in [9.17, 15) is 9.59 Å². The molecule has 3 aromatic rings. The first kappa shape index (κ1) is 24.5. The maximum atomic E-state index is 12.5. The molecular weight excluding hydrogens is 438 g/mol. The van der Waals surface area contributed by atoms with E-state index in [2.05, 4.69) is 40.7 Å². The number of esters is 1. The number of thiazole rings is 1. The average Bonchev–Trinajstić information content (AvgIpc) is 3.46. The van der Waals surface area contributed by atoms with Crippen molar-refractivity contribution in [3.63, 3.8) is 0 Å². The van der Waals surface area contributed by atoms with Crippen LogP contribution in [0, 0.1) is 0 Å². The number of anilines is 2. The molecule has 0 spiro atoms. The first-order valence-electron chi connectivity index (χ1n) is 11.4. The number of aryl methyl sites for hydroxylation is 1. The second-order valence-corrected chi connectivity index (χ2v) is 8.53. The average molecular weight is 470 g/mol. The Morgan fingerprint density at radius 2 is 1.94 bits per heavy atom. The molecule has 7 nitrogen and oxygen atoms in total. The van der Waals surface area contributed by atoms with Gasteiger partial charge in [-0.15, -0.1) is 11.3 Å². The third kappa shape index (κ3) is 7.75. The van der Waals surface area contributed by atoms with Gasteiger partial charge in [-0.1, -0.05) is 44.4 Å². The lowest BCUT2D eigenvalue weighted by Gasteiger charge is -2.11. The van der Waals surface area contributed by atoms with Gasteiger partial charge in [0, 0.05) is 11.1 Å². The molecule has 0 aliphatic carbocycles. The van der Waals surface area contributed by atoms with Crippen LogP contribution < -0.4 is 10.6 Å². The van der Waals surface area contributed by atoms with Gasteiger partial charge in [-0.2, -0.15) is 0 Å². The summed E-state index contributed by atoms with van der Waals surface area (Å²) in [7, 11) is 0. The van der Waals surface area contributed by atoms with Crippen molar-refractivity contribution in [2.75, 3.05) is 17.2 Å². The second kappa shape index (κ2) is 12.8. The number of amides is 1. The summed E-state index contributed by atoms with van der Waals surface area (Å²) in [5.74, 6) is 0.158. The Labute approximate surface area is 198 Å². The summed E-state index contributed by atoms with van der Waals surface area (Å²) in [6.07, 6.45) is 6.03. The number of hydrogen-bond donors (Lipinski definition) is 2. The summed E-state index contributed by atoms with van der Waals surface area (Å²) in [6.45, 7) is 4.78. The Balaban J connectivity index is 1.52. The largest absolute Gasteiger partial charge is 0.466 e. The number of hydrogen-bond acceptors (Lipinski definition) is 7. The Hall–Kier alpha value is -3.13. The van der Waals surface area contributed by atoms with Gasteiger partial charge in [0.25, 0.3) is 5.91 Å². The van der Waals surface area contributed by atoms with Gasteiger partial charge in [-0.05, 0) is 43.5 Å². The van der Waals surface area contributed by atoms with E-state index in [1.807, 2.05) is 6.07 Å². The molecule has 33 heavy (non-hydrogen) atoms. The number of para-hydroxylation sites is 1. The number of nitrogens with one attached hydrogen (secondary N) is 2. The fourth-order valence-corrected chi connectivity index (χ4v) is 4.10. The molecule has 2 heterocycles. The van der Waals surface area contributed by atoms with Crippen molar-refractivity contribution in [2.24, 2.45) is 0 Å². The van der Waals surface area contributed by atoms with Gasteiger partial charge in [0.2, 0.25) is 0 Å². The van der Waals surface area contributed by atoms with Crippen LogP contribution >= 0.6 is 11.3 Å². The molecular formula is C25H31N3O4S. The van der Waals surface area contributed by atoms with E-state index in [0.29, 0.717) is 29.7 Å². The van der Waals surface area contributed by atoms with E-state index in [4.69, 9.17) is 9.15 Å². The molecule has 1 aromatic carbocycles. The number of ether oxygens (including phenoxy) is 1. The molecule has 2 aromatic heterocycles. The monoisotopic (exact) mass is 469 g/mol. The van der Waals surface area contributed by atoms with Crippen LogP contribution in [0.5, 0.6) is 0 Å². The molecule has 3 rings (SSSR count). The van der Waals surface area contributed by atoms with Crippen LogP contribution in [0.3, 0.4) is 0 Å². The van der Waals surface area contributed by atoms with Crippen LogP contribution in [0.15, 0.2) is 46.2 Å². The second-order valence-electron chi connectivity index (χ2n) is 7.67. The van der Waals surface area contributed by atoms with E-state index in [1.54, 1.807) is 24.4 Å². The number of carbonyl (C=O) groups excluding carboxylic acids is 2. The Kier molecular flexibility index (Phi) is 9.50. The topological polar surface area (TPSA) is 93.5 Å². The fraction of sp³-hybridized carbons (Fsp3) is 0.400. The van der Waals surface area contributed by atoms with E-state index >= 15 is 0 Å². The minimum atomic E-state index is -0.380. The third-order valence-corrected chi connectivity index (χ3v) is 5.87. The predicted molar refractivity (Wildman–Crippen MR) is 131 cm³/mol. The lowest BCUT2D eigenvalue weighted by molar-refractivity contribution is -0.142. The van der Waals surface area contributed by atoms with Crippen LogP contribution in [-0.4, -0.2) is 23.5 Å². The molecule has 2 N–H and O–H groups in total. The molecule has 0 radical (unpaired) electrons. The normalized spacial score (nSPS) is 10.7. The number of aromatic nitrogens is 1. The first-order chi connectivity index (χ1) is 16.1. The molecule has 0 saturated heterocycles. The molecule has 1 amide bonds. The smallest absolute Gasteiger partial charge is 0.311 e. The van der Waals surface area contributed by atoms with Crippen LogP contribution in [0.1, 0.15) is 67.1 Å². The summed E-state index contributed by atoms with van der Waals surface area (Å²) in [4.78, 5) is 28.3. The van der Waals surface area contributed by atoms with Crippen LogP contribution in [0.4, 0.5) is 10.8 Å². The SMILES string of the molecule is CCCCCCc1ccccc1NCc1ccc(C(=O)Nc2nc(CC(=O)OCC)cs2)o1. The molecule has 0 bridgehead atoms. The Morgan fingerprint density at radius 3 is 2.76 bits per heavy atom. The van der Waals surface area contributed by atoms with Gasteiger partial charge in [0.1, 0.15) is 5.76 Å². The summed E-state index contributed by atoms with van der Waals surface area (Å²) < 4.78 is 10.6. The van der Waals surface area contributed by atoms with Gasteiger partial charge in [0.15, 0.2) is 10.9 Å². The summed E-state index contributed by atoms with van der Waals surface area (Å²) in [5.41, 5.74) is 2.94. The highest BCUT2D eigenvalue weighted by molar-refractivity contribution is 7.14. The number of nitrogens with zero attached hydrogens (tertiary/aromatic N) is 1. The molecule has 0 unspecified atom stereocenters. The predicted octanol–water partition coefficient (Wildman–Crippen LogP) is 5.83.